The molecule has 1 aliphatic heterocycles. The van der Waals surface area contributed by atoms with E-state index in [1.54, 1.807) is 0 Å². The molecule has 0 spiro atoms. The van der Waals surface area contributed by atoms with Gasteiger partial charge in [0.25, 0.3) is 0 Å². The van der Waals surface area contributed by atoms with E-state index in [2.05, 4.69) is 5.32 Å². The second kappa shape index (κ2) is 5.56. The maximum absolute atomic E-state index is 5.46. The van der Waals surface area contributed by atoms with Gasteiger partial charge in [0.2, 0.25) is 0 Å². The number of rotatable bonds is 3. The highest BCUT2D eigenvalue weighted by Crippen LogP contribution is 2.15. The lowest BCUT2D eigenvalue weighted by Gasteiger charge is -2.12. The minimum absolute atomic E-state index is 0.858. The van der Waals surface area contributed by atoms with Crippen molar-refractivity contribution < 1.29 is 0 Å². The van der Waals surface area contributed by atoms with E-state index in [-0.39, 0.29) is 0 Å². The van der Waals surface area contributed by atoms with Gasteiger partial charge in [0.1, 0.15) is 0 Å². The molecule has 0 aromatic heterocycles. The fourth-order valence-corrected chi connectivity index (χ4v) is 1.74. The maximum atomic E-state index is 5.46. The van der Waals surface area contributed by atoms with Gasteiger partial charge < -0.3 is 11.1 Å². The quantitative estimate of drug-likeness (QED) is 0.642. The molecule has 1 rings (SSSR count). The first-order valence-electron chi connectivity index (χ1n) is 4.84. The summed E-state index contributed by atoms with van der Waals surface area (Å²) in [5.41, 5.74) is 5.46. The number of hydrogen-bond acceptors (Lipinski definition) is 2. The first-order chi connectivity index (χ1) is 5.43. The largest absolute Gasteiger partial charge is 0.330 e. The Balaban J connectivity index is 2.09. The standard InChI is InChI=1S/C9H20N2/c10-6-3-5-9-4-1-2-7-11-8-9/h9,11H,1-8,10H2/t9-/m0/s1. The van der Waals surface area contributed by atoms with Crippen molar-refractivity contribution in [2.24, 2.45) is 11.7 Å². The fraction of sp³-hybridized carbons (Fsp3) is 1.00. The lowest BCUT2D eigenvalue weighted by molar-refractivity contribution is 0.436. The molecule has 1 saturated heterocycles. The van der Waals surface area contributed by atoms with Gasteiger partial charge in [-0.05, 0) is 51.2 Å². The normalized spacial score (nSPS) is 26.5. The van der Waals surface area contributed by atoms with Crippen LogP contribution in [-0.2, 0) is 0 Å². The molecule has 0 aromatic carbocycles. The van der Waals surface area contributed by atoms with Crippen LogP contribution in [0.3, 0.4) is 0 Å². The van der Waals surface area contributed by atoms with E-state index in [1.807, 2.05) is 0 Å². The van der Waals surface area contributed by atoms with Gasteiger partial charge in [0.05, 0.1) is 0 Å². The summed E-state index contributed by atoms with van der Waals surface area (Å²) in [6, 6.07) is 0. The Hall–Kier alpha value is -0.0800. The van der Waals surface area contributed by atoms with Gasteiger partial charge in [-0.25, -0.2) is 0 Å². The van der Waals surface area contributed by atoms with E-state index in [1.165, 1.54) is 45.2 Å². The fourth-order valence-electron chi connectivity index (χ4n) is 1.74. The van der Waals surface area contributed by atoms with Gasteiger partial charge in [0, 0.05) is 0 Å². The van der Waals surface area contributed by atoms with Crippen molar-refractivity contribution in [2.45, 2.75) is 32.1 Å². The smallest absolute Gasteiger partial charge is 0.00205 e. The molecule has 0 bridgehead atoms. The minimum atomic E-state index is 0.858. The van der Waals surface area contributed by atoms with Crippen molar-refractivity contribution in [3.63, 3.8) is 0 Å². The predicted molar refractivity (Wildman–Crippen MR) is 48.5 cm³/mol. The summed E-state index contributed by atoms with van der Waals surface area (Å²) in [4.78, 5) is 0. The highest BCUT2D eigenvalue weighted by Gasteiger charge is 2.10. The van der Waals surface area contributed by atoms with Crippen LogP contribution in [0.25, 0.3) is 0 Å². The number of nitrogens with one attached hydrogen (secondary N) is 1. The van der Waals surface area contributed by atoms with E-state index in [9.17, 15) is 0 Å². The second-order valence-corrected chi connectivity index (χ2v) is 3.50. The Labute approximate surface area is 69.5 Å². The van der Waals surface area contributed by atoms with Crippen LogP contribution < -0.4 is 11.1 Å². The SMILES string of the molecule is NCCC[C@@H]1CCCCNC1. The van der Waals surface area contributed by atoms with Gasteiger partial charge in [-0.1, -0.05) is 6.42 Å². The molecule has 1 atom stereocenters. The van der Waals surface area contributed by atoms with Crippen molar-refractivity contribution in [3.05, 3.63) is 0 Å². The van der Waals surface area contributed by atoms with Crippen molar-refractivity contribution in [3.8, 4) is 0 Å². The molecular formula is C9H20N2. The van der Waals surface area contributed by atoms with Crippen molar-refractivity contribution in [2.75, 3.05) is 19.6 Å². The van der Waals surface area contributed by atoms with Crippen molar-refractivity contribution >= 4 is 0 Å². The first-order valence-corrected chi connectivity index (χ1v) is 4.84. The zero-order chi connectivity index (χ0) is 7.94. The van der Waals surface area contributed by atoms with Crippen LogP contribution in [-0.4, -0.2) is 19.6 Å². The Morgan fingerprint density at radius 1 is 1.36 bits per heavy atom. The monoisotopic (exact) mass is 156 g/mol. The summed E-state index contributed by atoms with van der Waals surface area (Å²) in [5, 5.41) is 3.47. The molecule has 2 heteroatoms. The summed E-state index contributed by atoms with van der Waals surface area (Å²) in [7, 11) is 0. The van der Waals surface area contributed by atoms with E-state index < -0.39 is 0 Å². The van der Waals surface area contributed by atoms with E-state index in [0.29, 0.717) is 0 Å². The topological polar surface area (TPSA) is 38.0 Å². The molecule has 11 heavy (non-hydrogen) atoms. The van der Waals surface area contributed by atoms with Crippen molar-refractivity contribution in [1.29, 1.82) is 0 Å². The molecule has 1 fully saturated rings. The van der Waals surface area contributed by atoms with E-state index in [4.69, 9.17) is 5.73 Å². The van der Waals surface area contributed by atoms with Crippen LogP contribution >= 0.6 is 0 Å². The molecule has 0 saturated carbocycles. The Morgan fingerprint density at radius 2 is 2.27 bits per heavy atom. The van der Waals surface area contributed by atoms with Crippen LogP contribution in [0, 0.1) is 5.92 Å². The van der Waals surface area contributed by atoms with Crippen LogP contribution in [0.5, 0.6) is 0 Å². The summed E-state index contributed by atoms with van der Waals surface area (Å²) >= 11 is 0. The highest BCUT2D eigenvalue weighted by atomic mass is 14.9. The molecule has 0 aromatic rings. The van der Waals surface area contributed by atoms with Gasteiger partial charge in [0.15, 0.2) is 0 Å². The molecule has 0 amide bonds. The molecule has 1 aliphatic rings. The average molecular weight is 156 g/mol. The van der Waals surface area contributed by atoms with Gasteiger partial charge >= 0.3 is 0 Å². The van der Waals surface area contributed by atoms with Gasteiger partial charge in [-0.15, -0.1) is 0 Å². The zero-order valence-corrected chi connectivity index (χ0v) is 7.31. The molecule has 0 radical (unpaired) electrons. The lowest BCUT2D eigenvalue weighted by Crippen LogP contribution is -2.21. The third kappa shape index (κ3) is 3.73. The van der Waals surface area contributed by atoms with Crippen molar-refractivity contribution in [1.82, 2.24) is 5.32 Å². The second-order valence-electron chi connectivity index (χ2n) is 3.50. The molecule has 66 valence electrons. The zero-order valence-electron chi connectivity index (χ0n) is 7.31. The molecule has 0 aliphatic carbocycles. The Kier molecular flexibility index (Phi) is 4.55. The predicted octanol–water partition coefficient (Wildman–Crippen LogP) is 1.11. The van der Waals surface area contributed by atoms with E-state index >= 15 is 0 Å². The minimum Gasteiger partial charge on any atom is -0.330 e. The van der Waals surface area contributed by atoms with Crippen LogP contribution in [0.4, 0.5) is 0 Å². The summed E-state index contributed by atoms with van der Waals surface area (Å²) < 4.78 is 0. The molecule has 0 unspecified atom stereocenters. The molecule has 2 nitrogen and oxygen atoms in total. The lowest BCUT2D eigenvalue weighted by atomic mass is 9.98. The molecule has 1 heterocycles. The van der Waals surface area contributed by atoms with Crippen LogP contribution in [0.2, 0.25) is 0 Å². The Bertz CT molecular complexity index is 85.6. The summed E-state index contributed by atoms with van der Waals surface area (Å²) in [6.07, 6.45) is 6.70. The summed E-state index contributed by atoms with van der Waals surface area (Å²) in [5.74, 6) is 0.904. The van der Waals surface area contributed by atoms with Gasteiger partial charge in [-0.3, -0.25) is 0 Å². The van der Waals surface area contributed by atoms with Crippen LogP contribution in [0.15, 0.2) is 0 Å². The number of nitrogens with two attached hydrogens (primary N) is 1. The third-order valence-electron chi connectivity index (χ3n) is 2.47. The average Bonchev–Trinajstić information content (AvgIpc) is 2.28. The van der Waals surface area contributed by atoms with Gasteiger partial charge in [-0.2, -0.15) is 0 Å². The molecular weight excluding hydrogens is 136 g/mol. The molecule has 3 N–H and O–H groups in total. The third-order valence-corrected chi connectivity index (χ3v) is 2.47. The summed E-state index contributed by atoms with van der Waals surface area (Å²) in [6.45, 7) is 3.30. The number of hydrogen-bond donors (Lipinski definition) is 2. The van der Waals surface area contributed by atoms with Crippen LogP contribution in [0.1, 0.15) is 32.1 Å². The highest BCUT2D eigenvalue weighted by molar-refractivity contribution is 4.67. The van der Waals surface area contributed by atoms with E-state index in [0.717, 1.165) is 12.5 Å². The first kappa shape index (κ1) is 9.01. The maximum Gasteiger partial charge on any atom is -0.00205 e. The Morgan fingerprint density at radius 3 is 3.09 bits per heavy atom.